The summed E-state index contributed by atoms with van der Waals surface area (Å²) in [4.78, 5) is 12.9. The van der Waals surface area contributed by atoms with E-state index in [4.69, 9.17) is 0 Å². The smallest absolute Gasteiger partial charge is 0.264 e. The van der Waals surface area contributed by atoms with Gasteiger partial charge in [0.05, 0.1) is 16.1 Å². The van der Waals surface area contributed by atoms with Gasteiger partial charge in [-0.05, 0) is 71.1 Å². The number of nitrogens with zero attached hydrogens (tertiary/aromatic N) is 1. The van der Waals surface area contributed by atoms with Gasteiger partial charge in [0.25, 0.3) is 15.9 Å². The fourth-order valence-electron chi connectivity index (χ4n) is 2.55. The number of halogens is 1. The Morgan fingerprint density at radius 1 is 0.889 bits per heavy atom. The van der Waals surface area contributed by atoms with Crippen LogP contribution in [-0.2, 0) is 10.0 Å². The molecule has 0 fully saturated rings. The summed E-state index contributed by atoms with van der Waals surface area (Å²) in [7, 11) is -2.33. The molecular formula is C20H17IN2O3S. The lowest BCUT2D eigenvalue weighted by Gasteiger charge is -2.22. The van der Waals surface area contributed by atoms with Crippen LogP contribution in [0, 0.1) is 3.57 Å². The second-order valence-electron chi connectivity index (χ2n) is 5.76. The Hall–Kier alpha value is -2.39. The summed E-state index contributed by atoms with van der Waals surface area (Å²) in [6.45, 7) is 0. The Bertz CT molecular complexity index is 1050. The number of rotatable bonds is 5. The first-order chi connectivity index (χ1) is 12.9. The molecule has 3 aromatic rings. The molecule has 0 radical (unpaired) electrons. The Balaban J connectivity index is 1.93. The van der Waals surface area contributed by atoms with E-state index in [1.807, 2.05) is 12.1 Å². The molecule has 0 spiro atoms. The van der Waals surface area contributed by atoms with Gasteiger partial charge in [0, 0.05) is 16.3 Å². The lowest BCUT2D eigenvalue weighted by atomic mass is 10.1. The molecule has 1 N–H and O–H groups in total. The van der Waals surface area contributed by atoms with Crippen LogP contribution in [0.1, 0.15) is 10.4 Å². The minimum atomic E-state index is -3.77. The first kappa shape index (κ1) is 19.4. The average molecular weight is 492 g/mol. The SMILES string of the molecule is CN(c1ccccc1C(=O)Nc1ccc(I)cc1)S(=O)(=O)c1ccccc1. The van der Waals surface area contributed by atoms with Crippen LogP contribution in [0.15, 0.2) is 83.8 Å². The fraction of sp³-hybridized carbons (Fsp3) is 0.0500. The zero-order valence-corrected chi connectivity index (χ0v) is 17.4. The van der Waals surface area contributed by atoms with Crippen LogP contribution in [-0.4, -0.2) is 21.4 Å². The van der Waals surface area contributed by atoms with Crippen molar-refractivity contribution in [3.63, 3.8) is 0 Å². The number of benzene rings is 3. The topological polar surface area (TPSA) is 66.5 Å². The summed E-state index contributed by atoms with van der Waals surface area (Å²) in [5, 5.41) is 2.81. The summed E-state index contributed by atoms with van der Waals surface area (Å²) in [5.41, 5.74) is 1.23. The molecule has 0 heterocycles. The van der Waals surface area contributed by atoms with Crippen molar-refractivity contribution in [3.8, 4) is 0 Å². The normalized spacial score (nSPS) is 11.0. The Kier molecular flexibility index (Phi) is 5.81. The van der Waals surface area contributed by atoms with Crippen molar-refractivity contribution in [2.75, 3.05) is 16.7 Å². The summed E-state index contributed by atoms with van der Waals surface area (Å²) in [5.74, 6) is -0.373. The van der Waals surface area contributed by atoms with Gasteiger partial charge in [-0.15, -0.1) is 0 Å². The quantitative estimate of drug-likeness (QED) is 0.539. The molecule has 0 atom stereocenters. The summed E-state index contributed by atoms with van der Waals surface area (Å²) < 4.78 is 28.0. The van der Waals surface area contributed by atoms with E-state index >= 15 is 0 Å². The molecule has 0 saturated carbocycles. The predicted octanol–water partition coefficient (Wildman–Crippen LogP) is 4.37. The third-order valence-electron chi connectivity index (χ3n) is 3.99. The van der Waals surface area contributed by atoms with Crippen molar-refractivity contribution < 1.29 is 13.2 Å². The molecule has 138 valence electrons. The van der Waals surface area contributed by atoms with Crippen LogP contribution in [0.5, 0.6) is 0 Å². The number of amides is 1. The van der Waals surface area contributed by atoms with Gasteiger partial charge >= 0.3 is 0 Å². The number of sulfonamides is 1. The van der Waals surface area contributed by atoms with E-state index in [0.717, 1.165) is 7.88 Å². The lowest BCUT2D eigenvalue weighted by molar-refractivity contribution is 0.102. The Morgan fingerprint density at radius 3 is 2.15 bits per heavy atom. The van der Waals surface area contributed by atoms with Gasteiger partial charge in [-0.1, -0.05) is 30.3 Å². The molecule has 3 aromatic carbocycles. The molecule has 0 aliphatic carbocycles. The molecule has 3 rings (SSSR count). The van der Waals surface area contributed by atoms with Crippen molar-refractivity contribution in [3.05, 3.63) is 88.0 Å². The van der Waals surface area contributed by atoms with Gasteiger partial charge in [0.15, 0.2) is 0 Å². The number of carbonyl (C=O) groups excluding carboxylic acids is 1. The molecule has 27 heavy (non-hydrogen) atoms. The summed E-state index contributed by atoms with van der Waals surface area (Å²) in [6.07, 6.45) is 0. The van der Waals surface area contributed by atoms with E-state index < -0.39 is 10.0 Å². The number of carbonyl (C=O) groups is 1. The molecule has 1 amide bonds. The van der Waals surface area contributed by atoms with Crippen LogP contribution in [0.2, 0.25) is 0 Å². The van der Waals surface area contributed by atoms with Crippen LogP contribution < -0.4 is 9.62 Å². The Labute approximate surface area is 172 Å². The van der Waals surface area contributed by atoms with Crippen molar-refractivity contribution in [2.24, 2.45) is 0 Å². The summed E-state index contributed by atoms with van der Waals surface area (Å²) in [6, 6.07) is 22.1. The van der Waals surface area contributed by atoms with Crippen LogP contribution >= 0.6 is 22.6 Å². The second kappa shape index (κ2) is 8.10. The maximum Gasteiger partial charge on any atom is 0.264 e. The van der Waals surface area contributed by atoms with Gasteiger partial charge < -0.3 is 5.32 Å². The van der Waals surface area contributed by atoms with E-state index in [2.05, 4.69) is 27.9 Å². The zero-order chi connectivity index (χ0) is 19.4. The third-order valence-corrected chi connectivity index (χ3v) is 6.50. The second-order valence-corrected chi connectivity index (χ2v) is 8.98. The van der Waals surface area contributed by atoms with Crippen molar-refractivity contribution in [2.45, 2.75) is 4.90 Å². The average Bonchev–Trinajstić information content (AvgIpc) is 2.69. The molecule has 0 unspecified atom stereocenters. The number of para-hydroxylation sites is 1. The number of anilines is 2. The van der Waals surface area contributed by atoms with E-state index in [-0.39, 0.29) is 16.4 Å². The highest BCUT2D eigenvalue weighted by Gasteiger charge is 2.24. The Morgan fingerprint density at radius 2 is 1.48 bits per heavy atom. The molecule has 0 aromatic heterocycles. The molecular weight excluding hydrogens is 475 g/mol. The highest BCUT2D eigenvalue weighted by Crippen LogP contribution is 2.26. The van der Waals surface area contributed by atoms with Gasteiger partial charge in [-0.2, -0.15) is 0 Å². The van der Waals surface area contributed by atoms with Crippen molar-refractivity contribution >= 4 is 49.9 Å². The fourth-order valence-corrected chi connectivity index (χ4v) is 4.15. The third kappa shape index (κ3) is 4.30. The largest absolute Gasteiger partial charge is 0.322 e. The minimum absolute atomic E-state index is 0.167. The van der Waals surface area contributed by atoms with Crippen molar-refractivity contribution in [1.29, 1.82) is 0 Å². The number of hydrogen-bond acceptors (Lipinski definition) is 3. The standard InChI is InChI=1S/C20H17IN2O3S/c1-23(27(25,26)17-7-3-2-4-8-17)19-10-6-5-9-18(19)20(24)22-16-13-11-15(21)12-14-16/h2-14H,1H3,(H,22,24). The van der Waals surface area contributed by atoms with Gasteiger partial charge in [0.1, 0.15) is 0 Å². The zero-order valence-electron chi connectivity index (χ0n) is 14.5. The highest BCUT2D eigenvalue weighted by atomic mass is 127. The molecule has 0 bridgehead atoms. The molecule has 0 aliphatic heterocycles. The molecule has 7 heteroatoms. The lowest BCUT2D eigenvalue weighted by Crippen LogP contribution is -2.29. The van der Waals surface area contributed by atoms with E-state index in [1.54, 1.807) is 54.6 Å². The van der Waals surface area contributed by atoms with Gasteiger partial charge in [0.2, 0.25) is 0 Å². The minimum Gasteiger partial charge on any atom is -0.322 e. The molecule has 5 nitrogen and oxygen atoms in total. The van der Waals surface area contributed by atoms with E-state index in [0.29, 0.717) is 11.4 Å². The maximum atomic E-state index is 12.9. The van der Waals surface area contributed by atoms with E-state index in [9.17, 15) is 13.2 Å². The van der Waals surface area contributed by atoms with E-state index in [1.165, 1.54) is 19.2 Å². The first-order valence-corrected chi connectivity index (χ1v) is 10.6. The van der Waals surface area contributed by atoms with Crippen LogP contribution in [0.4, 0.5) is 11.4 Å². The number of nitrogens with one attached hydrogen (secondary N) is 1. The first-order valence-electron chi connectivity index (χ1n) is 8.09. The highest BCUT2D eigenvalue weighted by molar-refractivity contribution is 14.1. The van der Waals surface area contributed by atoms with Gasteiger partial charge in [-0.3, -0.25) is 9.10 Å². The number of hydrogen-bond donors (Lipinski definition) is 1. The monoisotopic (exact) mass is 492 g/mol. The molecule has 0 aliphatic rings. The predicted molar refractivity (Wildman–Crippen MR) is 116 cm³/mol. The maximum absolute atomic E-state index is 12.9. The van der Waals surface area contributed by atoms with Crippen LogP contribution in [0.3, 0.4) is 0 Å². The summed E-state index contributed by atoms with van der Waals surface area (Å²) >= 11 is 2.18. The van der Waals surface area contributed by atoms with Crippen LogP contribution in [0.25, 0.3) is 0 Å². The van der Waals surface area contributed by atoms with Gasteiger partial charge in [-0.25, -0.2) is 8.42 Å². The molecule has 0 saturated heterocycles. The van der Waals surface area contributed by atoms with Crippen molar-refractivity contribution in [1.82, 2.24) is 0 Å².